The number of rotatable bonds is 5. The van der Waals surface area contributed by atoms with Gasteiger partial charge in [-0.15, -0.1) is 0 Å². The van der Waals surface area contributed by atoms with Gasteiger partial charge >= 0.3 is 0 Å². The van der Waals surface area contributed by atoms with E-state index in [2.05, 4.69) is 11.4 Å². The lowest BCUT2D eigenvalue weighted by Gasteiger charge is -2.27. The first-order chi connectivity index (χ1) is 12.2. The van der Waals surface area contributed by atoms with Gasteiger partial charge in [0.25, 0.3) is 5.91 Å². The maximum absolute atomic E-state index is 12.7. The molecule has 1 heterocycles. The van der Waals surface area contributed by atoms with E-state index in [9.17, 15) is 9.90 Å². The molecule has 25 heavy (non-hydrogen) atoms. The van der Waals surface area contributed by atoms with Crippen molar-refractivity contribution in [2.75, 3.05) is 13.2 Å². The van der Waals surface area contributed by atoms with Crippen LogP contribution in [0.25, 0.3) is 0 Å². The summed E-state index contributed by atoms with van der Waals surface area (Å²) >= 11 is 0. The summed E-state index contributed by atoms with van der Waals surface area (Å²) in [5.41, 5.74) is 2.80. The molecule has 2 unspecified atom stereocenters. The minimum absolute atomic E-state index is 0.112. The molecule has 4 heteroatoms. The number of aliphatic hydroxyl groups excluding tert-OH is 1. The lowest BCUT2D eigenvalue weighted by molar-refractivity contribution is -0.134. The van der Waals surface area contributed by atoms with E-state index < -0.39 is 12.2 Å². The monoisotopic (exact) mass is 337 g/mol. The Morgan fingerprint density at radius 2 is 1.88 bits per heavy atom. The average molecular weight is 337 g/mol. The molecule has 1 aliphatic heterocycles. The van der Waals surface area contributed by atoms with Crippen molar-refractivity contribution in [2.24, 2.45) is 5.41 Å². The zero-order valence-electron chi connectivity index (χ0n) is 14.2. The van der Waals surface area contributed by atoms with E-state index in [4.69, 9.17) is 4.74 Å². The smallest absolute Gasteiger partial charge is 0.253 e. The zero-order valence-corrected chi connectivity index (χ0v) is 14.2. The highest BCUT2D eigenvalue weighted by Crippen LogP contribution is 2.54. The molecule has 0 radical (unpaired) electrons. The number of nitrogens with one attached hydrogen (secondary N) is 1. The molecule has 1 saturated carbocycles. The van der Waals surface area contributed by atoms with Gasteiger partial charge in [0.15, 0.2) is 6.10 Å². The standard InChI is InChI=1S/C21H23NO3/c23-19(16-7-2-1-3-8-16)21(11-12-21)14-22-20(24)18-17-9-5-4-6-15(17)10-13-25-18/h1-9,18-19,23H,10-14H2,(H,22,24). The molecule has 1 fully saturated rings. The summed E-state index contributed by atoms with van der Waals surface area (Å²) in [6, 6.07) is 17.6. The van der Waals surface area contributed by atoms with Crippen LogP contribution >= 0.6 is 0 Å². The SMILES string of the molecule is O=C(NCC1(C(O)c2ccccc2)CC1)C1OCCc2ccccc21. The molecule has 1 aliphatic carbocycles. The molecule has 2 aliphatic rings. The third kappa shape index (κ3) is 3.20. The molecular formula is C21H23NO3. The van der Waals surface area contributed by atoms with Crippen molar-refractivity contribution in [3.05, 3.63) is 71.3 Å². The van der Waals surface area contributed by atoms with Crippen molar-refractivity contribution >= 4 is 5.91 Å². The highest BCUT2D eigenvalue weighted by atomic mass is 16.5. The largest absolute Gasteiger partial charge is 0.388 e. The highest BCUT2D eigenvalue weighted by Gasteiger charge is 2.49. The lowest BCUT2D eigenvalue weighted by atomic mass is 9.92. The number of carbonyl (C=O) groups excluding carboxylic acids is 1. The Labute approximate surface area is 147 Å². The summed E-state index contributed by atoms with van der Waals surface area (Å²) in [7, 11) is 0. The number of ether oxygens (including phenoxy) is 1. The van der Waals surface area contributed by atoms with Crippen LogP contribution in [0.4, 0.5) is 0 Å². The highest BCUT2D eigenvalue weighted by molar-refractivity contribution is 5.83. The van der Waals surface area contributed by atoms with E-state index in [1.165, 1.54) is 5.56 Å². The summed E-state index contributed by atoms with van der Waals surface area (Å²) in [5, 5.41) is 13.7. The fourth-order valence-electron chi connectivity index (χ4n) is 3.66. The van der Waals surface area contributed by atoms with Gasteiger partial charge in [0.1, 0.15) is 0 Å². The van der Waals surface area contributed by atoms with E-state index in [-0.39, 0.29) is 11.3 Å². The topological polar surface area (TPSA) is 58.6 Å². The van der Waals surface area contributed by atoms with Gasteiger partial charge in [-0.1, -0.05) is 54.6 Å². The predicted octanol–water partition coefficient (Wildman–Crippen LogP) is 2.93. The van der Waals surface area contributed by atoms with Crippen molar-refractivity contribution in [2.45, 2.75) is 31.5 Å². The molecule has 2 aromatic carbocycles. The Bertz CT molecular complexity index is 755. The van der Waals surface area contributed by atoms with Crippen molar-refractivity contribution in [1.82, 2.24) is 5.32 Å². The molecule has 4 nitrogen and oxygen atoms in total. The summed E-state index contributed by atoms with van der Waals surface area (Å²) in [6.07, 6.45) is 1.59. The number of aliphatic hydroxyl groups is 1. The number of hydrogen-bond acceptors (Lipinski definition) is 3. The second-order valence-electron chi connectivity index (χ2n) is 7.09. The third-order valence-electron chi connectivity index (χ3n) is 5.43. The molecule has 2 aromatic rings. The summed E-state index contributed by atoms with van der Waals surface area (Å²) < 4.78 is 5.72. The fourth-order valence-corrected chi connectivity index (χ4v) is 3.66. The number of fused-ring (bicyclic) bond motifs is 1. The van der Waals surface area contributed by atoms with Crippen molar-refractivity contribution in [3.8, 4) is 0 Å². The van der Waals surface area contributed by atoms with E-state index in [1.54, 1.807) is 0 Å². The molecular weight excluding hydrogens is 314 g/mol. The van der Waals surface area contributed by atoms with Crippen molar-refractivity contribution < 1.29 is 14.6 Å². The van der Waals surface area contributed by atoms with Crippen LogP contribution < -0.4 is 5.32 Å². The van der Waals surface area contributed by atoms with Gasteiger partial charge in [0.2, 0.25) is 0 Å². The van der Waals surface area contributed by atoms with Gasteiger partial charge in [-0.25, -0.2) is 0 Å². The van der Waals surface area contributed by atoms with Gasteiger partial charge in [0.05, 0.1) is 12.7 Å². The van der Waals surface area contributed by atoms with E-state index in [0.29, 0.717) is 13.2 Å². The van der Waals surface area contributed by atoms with Gasteiger partial charge in [-0.05, 0) is 36.0 Å². The maximum atomic E-state index is 12.7. The number of carbonyl (C=O) groups is 1. The second kappa shape index (κ2) is 6.62. The average Bonchev–Trinajstić information content (AvgIpc) is 3.47. The van der Waals surface area contributed by atoms with Gasteiger partial charge in [0, 0.05) is 12.0 Å². The van der Waals surface area contributed by atoms with Crippen LogP contribution in [0.15, 0.2) is 54.6 Å². The quantitative estimate of drug-likeness (QED) is 0.882. The number of benzene rings is 2. The molecule has 2 atom stereocenters. The second-order valence-corrected chi connectivity index (χ2v) is 7.09. The minimum atomic E-state index is -0.548. The van der Waals surface area contributed by atoms with Gasteiger partial charge in [-0.3, -0.25) is 4.79 Å². The van der Waals surface area contributed by atoms with Crippen LogP contribution in [-0.2, 0) is 16.0 Å². The maximum Gasteiger partial charge on any atom is 0.253 e. The van der Waals surface area contributed by atoms with Gasteiger partial charge < -0.3 is 15.2 Å². The molecule has 0 aromatic heterocycles. The normalized spacial score (nSPS) is 21.9. The van der Waals surface area contributed by atoms with Crippen LogP contribution in [-0.4, -0.2) is 24.2 Å². The van der Waals surface area contributed by atoms with E-state index in [1.807, 2.05) is 48.5 Å². The Hall–Kier alpha value is -2.17. The molecule has 1 amide bonds. The molecule has 2 N–H and O–H groups in total. The first-order valence-electron chi connectivity index (χ1n) is 8.90. The fraction of sp³-hybridized carbons (Fsp3) is 0.381. The number of hydrogen-bond donors (Lipinski definition) is 2. The van der Waals surface area contributed by atoms with Crippen LogP contribution in [0.1, 0.15) is 41.7 Å². The Morgan fingerprint density at radius 3 is 2.64 bits per heavy atom. The van der Waals surface area contributed by atoms with Gasteiger partial charge in [-0.2, -0.15) is 0 Å². The van der Waals surface area contributed by atoms with Crippen LogP contribution in [0.3, 0.4) is 0 Å². The Morgan fingerprint density at radius 1 is 1.16 bits per heavy atom. The molecule has 4 rings (SSSR count). The van der Waals surface area contributed by atoms with E-state index >= 15 is 0 Å². The summed E-state index contributed by atoms with van der Waals surface area (Å²) in [4.78, 5) is 12.7. The van der Waals surface area contributed by atoms with Crippen molar-refractivity contribution in [1.29, 1.82) is 0 Å². The lowest BCUT2D eigenvalue weighted by Crippen LogP contribution is -2.38. The Balaban J connectivity index is 1.43. The van der Waals surface area contributed by atoms with Crippen LogP contribution in [0.2, 0.25) is 0 Å². The summed E-state index contributed by atoms with van der Waals surface area (Å²) in [6.45, 7) is 1.04. The Kier molecular flexibility index (Phi) is 4.32. The zero-order chi connectivity index (χ0) is 17.3. The predicted molar refractivity (Wildman–Crippen MR) is 94.9 cm³/mol. The summed E-state index contributed by atoms with van der Waals surface area (Å²) in [5.74, 6) is -0.112. The van der Waals surface area contributed by atoms with Crippen molar-refractivity contribution in [3.63, 3.8) is 0 Å². The number of amides is 1. The third-order valence-corrected chi connectivity index (χ3v) is 5.43. The van der Waals surface area contributed by atoms with Crippen LogP contribution in [0, 0.1) is 5.41 Å². The molecule has 0 bridgehead atoms. The molecule has 0 saturated heterocycles. The minimum Gasteiger partial charge on any atom is -0.388 e. The molecule has 0 spiro atoms. The van der Waals surface area contributed by atoms with Crippen LogP contribution in [0.5, 0.6) is 0 Å². The first-order valence-corrected chi connectivity index (χ1v) is 8.90. The first kappa shape index (κ1) is 16.3. The molecule has 130 valence electrons. The van der Waals surface area contributed by atoms with E-state index in [0.717, 1.165) is 30.4 Å².